The second-order valence-corrected chi connectivity index (χ2v) is 7.11. The Morgan fingerprint density at radius 2 is 2.08 bits per heavy atom. The highest BCUT2D eigenvalue weighted by atomic mass is 16.5. The number of nitrogens with zero attached hydrogens (tertiary/aromatic N) is 3. The van der Waals surface area contributed by atoms with Crippen molar-refractivity contribution >= 4 is 5.91 Å². The van der Waals surface area contributed by atoms with E-state index in [9.17, 15) is 4.79 Å². The smallest absolute Gasteiger partial charge is 0.227 e. The first kappa shape index (κ1) is 16.3. The summed E-state index contributed by atoms with van der Waals surface area (Å²) in [6.45, 7) is 5.32. The van der Waals surface area contributed by atoms with Gasteiger partial charge in [-0.05, 0) is 24.5 Å². The zero-order valence-electron chi connectivity index (χ0n) is 14.6. The molecule has 2 aliphatic heterocycles. The van der Waals surface area contributed by atoms with Gasteiger partial charge < -0.3 is 14.1 Å². The van der Waals surface area contributed by atoms with Crippen LogP contribution in [0.1, 0.15) is 29.3 Å². The van der Waals surface area contributed by atoms with E-state index in [1.807, 2.05) is 36.1 Å². The first-order valence-electron chi connectivity index (χ1n) is 8.85. The van der Waals surface area contributed by atoms with Crippen LogP contribution in [-0.2, 0) is 22.4 Å². The van der Waals surface area contributed by atoms with Crippen LogP contribution in [0.2, 0.25) is 0 Å². The second-order valence-electron chi connectivity index (χ2n) is 7.11. The van der Waals surface area contributed by atoms with Gasteiger partial charge in [-0.15, -0.1) is 10.2 Å². The molecule has 1 aromatic carbocycles. The third kappa shape index (κ3) is 3.44. The molecule has 1 amide bonds. The van der Waals surface area contributed by atoms with E-state index in [4.69, 9.17) is 9.15 Å². The van der Waals surface area contributed by atoms with Crippen molar-refractivity contribution in [3.63, 3.8) is 0 Å². The molecule has 0 N–H and O–H groups in total. The van der Waals surface area contributed by atoms with Crippen LogP contribution in [0, 0.1) is 19.8 Å². The Balaban J connectivity index is 1.31. The molecule has 3 heterocycles. The number of hydrogen-bond acceptors (Lipinski definition) is 5. The molecule has 6 nitrogen and oxygen atoms in total. The van der Waals surface area contributed by atoms with E-state index in [1.165, 1.54) is 5.56 Å². The van der Waals surface area contributed by atoms with Crippen LogP contribution in [0.15, 0.2) is 28.7 Å². The second kappa shape index (κ2) is 6.59. The van der Waals surface area contributed by atoms with Crippen LogP contribution >= 0.6 is 0 Å². The highest BCUT2D eigenvalue weighted by Crippen LogP contribution is 2.34. The first-order valence-corrected chi connectivity index (χ1v) is 8.85. The first-order chi connectivity index (χ1) is 12.1. The fourth-order valence-corrected chi connectivity index (χ4v) is 3.90. The third-order valence-electron chi connectivity index (χ3n) is 5.24. The average Bonchev–Trinajstić information content (AvgIpc) is 3.24. The van der Waals surface area contributed by atoms with Crippen molar-refractivity contribution < 1.29 is 13.9 Å². The van der Waals surface area contributed by atoms with Gasteiger partial charge >= 0.3 is 0 Å². The Morgan fingerprint density at radius 3 is 2.80 bits per heavy atom. The lowest BCUT2D eigenvalue weighted by molar-refractivity contribution is -0.130. The summed E-state index contributed by atoms with van der Waals surface area (Å²) in [5.74, 6) is 1.82. The Kier molecular flexibility index (Phi) is 4.29. The lowest BCUT2D eigenvalue weighted by Crippen LogP contribution is -2.33. The molecular formula is C19H23N3O3. The van der Waals surface area contributed by atoms with Gasteiger partial charge in [-0.1, -0.05) is 24.3 Å². The molecule has 3 atom stereocenters. The van der Waals surface area contributed by atoms with Gasteiger partial charge in [-0.3, -0.25) is 4.79 Å². The molecule has 25 heavy (non-hydrogen) atoms. The summed E-state index contributed by atoms with van der Waals surface area (Å²) in [6, 6.07) is 8.07. The summed E-state index contributed by atoms with van der Waals surface area (Å²) < 4.78 is 11.6. The topological polar surface area (TPSA) is 68.5 Å². The SMILES string of the molecule is Cc1nnc(C[C@@H]2C[C@@H]3CN(C(=O)Cc4ccccc4C)C[C@@H]3O2)o1. The Labute approximate surface area is 147 Å². The fourth-order valence-electron chi connectivity index (χ4n) is 3.90. The van der Waals surface area contributed by atoms with Gasteiger partial charge in [0.15, 0.2) is 0 Å². The van der Waals surface area contributed by atoms with Crippen molar-refractivity contribution in [2.45, 2.75) is 45.3 Å². The molecule has 0 spiro atoms. The summed E-state index contributed by atoms with van der Waals surface area (Å²) >= 11 is 0. The summed E-state index contributed by atoms with van der Waals surface area (Å²) in [5.41, 5.74) is 2.27. The zero-order valence-corrected chi connectivity index (χ0v) is 14.6. The highest BCUT2D eigenvalue weighted by molar-refractivity contribution is 5.79. The van der Waals surface area contributed by atoms with Crippen molar-refractivity contribution in [2.24, 2.45) is 5.92 Å². The van der Waals surface area contributed by atoms with Crippen molar-refractivity contribution in [3.05, 3.63) is 47.2 Å². The van der Waals surface area contributed by atoms with Gasteiger partial charge in [0.2, 0.25) is 17.7 Å². The zero-order chi connectivity index (χ0) is 17.4. The van der Waals surface area contributed by atoms with Crippen molar-refractivity contribution in [1.82, 2.24) is 15.1 Å². The average molecular weight is 341 g/mol. The Hall–Kier alpha value is -2.21. The minimum Gasteiger partial charge on any atom is -0.426 e. The van der Waals surface area contributed by atoms with Crippen LogP contribution in [-0.4, -0.2) is 46.3 Å². The third-order valence-corrected chi connectivity index (χ3v) is 5.24. The molecule has 0 bridgehead atoms. The molecule has 2 aromatic rings. The number of benzene rings is 1. The van der Waals surface area contributed by atoms with Gasteiger partial charge in [0, 0.05) is 25.9 Å². The maximum Gasteiger partial charge on any atom is 0.227 e. The Bertz CT molecular complexity index is 759. The van der Waals surface area contributed by atoms with E-state index in [1.54, 1.807) is 6.92 Å². The molecular weight excluding hydrogens is 318 g/mol. The van der Waals surface area contributed by atoms with E-state index in [0.29, 0.717) is 37.1 Å². The number of carbonyl (C=O) groups excluding carboxylic acids is 1. The number of fused-ring (bicyclic) bond motifs is 1. The molecule has 6 heteroatoms. The van der Waals surface area contributed by atoms with E-state index in [-0.39, 0.29) is 18.1 Å². The van der Waals surface area contributed by atoms with Gasteiger partial charge in [-0.2, -0.15) is 0 Å². The monoisotopic (exact) mass is 341 g/mol. The predicted molar refractivity (Wildman–Crippen MR) is 91.0 cm³/mol. The maximum atomic E-state index is 12.6. The number of ether oxygens (including phenoxy) is 1. The molecule has 0 saturated carbocycles. The van der Waals surface area contributed by atoms with Crippen LogP contribution in [0.3, 0.4) is 0 Å². The molecule has 0 radical (unpaired) electrons. The Morgan fingerprint density at radius 1 is 1.24 bits per heavy atom. The van der Waals surface area contributed by atoms with E-state index in [0.717, 1.165) is 18.5 Å². The number of amides is 1. The minimum atomic E-state index is 0.114. The number of aryl methyl sites for hydroxylation is 2. The molecule has 4 rings (SSSR count). The van der Waals surface area contributed by atoms with Crippen LogP contribution < -0.4 is 0 Å². The fraction of sp³-hybridized carbons (Fsp3) is 0.526. The summed E-state index contributed by atoms with van der Waals surface area (Å²) in [4.78, 5) is 14.6. The number of carbonyl (C=O) groups is 1. The molecule has 2 aliphatic rings. The normalized spacial score (nSPS) is 25.4. The van der Waals surface area contributed by atoms with Gasteiger partial charge in [-0.25, -0.2) is 0 Å². The minimum absolute atomic E-state index is 0.114. The molecule has 1 aromatic heterocycles. The number of aromatic nitrogens is 2. The van der Waals surface area contributed by atoms with Gasteiger partial charge in [0.05, 0.1) is 25.0 Å². The van der Waals surface area contributed by atoms with Crippen molar-refractivity contribution in [1.29, 1.82) is 0 Å². The molecule has 132 valence electrons. The lowest BCUT2D eigenvalue weighted by atomic mass is 10.0. The van der Waals surface area contributed by atoms with Crippen LogP contribution in [0.5, 0.6) is 0 Å². The quantitative estimate of drug-likeness (QED) is 0.852. The van der Waals surface area contributed by atoms with Crippen molar-refractivity contribution in [2.75, 3.05) is 13.1 Å². The summed E-state index contributed by atoms with van der Waals surface area (Å²) in [5, 5.41) is 7.90. The number of rotatable bonds is 4. The van der Waals surface area contributed by atoms with Gasteiger partial charge in [0.1, 0.15) is 0 Å². The van der Waals surface area contributed by atoms with E-state index >= 15 is 0 Å². The summed E-state index contributed by atoms with van der Waals surface area (Å²) in [7, 11) is 0. The molecule has 0 aliphatic carbocycles. The van der Waals surface area contributed by atoms with Crippen LogP contribution in [0.25, 0.3) is 0 Å². The molecule has 2 saturated heterocycles. The molecule has 0 unspecified atom stereocenters. The number of hydrogen-bond donors (Lipinski definition) is 0. The molecule has 2 fully saturated rings. The highest BCUT2D eigenvalue weighted by Gasteiger charge is 2.43. The largest absolute Gasteiger partial charge is 0.426 e. The van der Waals surface area contributed by atoms with Gasteiger partial charge in [0.25, 0.3) is 0 Å². The summed E-state index contributed by atoms with van der Waals surface area (Å²) in [6.07, 6.45) is 2.32. The predicted octanol–water partition coefficient (Wildman–Crippen LogP) is 2.09. The maximum absolute atomic E-state index is 12.6. The number of likely N-dealkylation sites (tertiary alicyclic amines) is 1. The lowest BCUT2D eigenvalue weighted by Gasteiger charge is -2.19. The van der Waals surface area contributed by atoms with Crippen molar-refractivity contribution in [3.8, 4) is 0 Å². The standard InChI is InChI=1S/C19H23N3O3/c1-12-5-3-4-6-14(12)8-19(23)22-10-15-7-16(25-17(15)11-22)9-18-21-20-13(2)24-18/h3-6,15-17H,7-11H2,1-2H3/t15-,16+,17+/m1/s1. The van der Waals surface area contributed by atoms with E-state index < -0.39 is 0 Å². The van der Waals surface area contributed by atoms with E-state index in [2.05, 4.69) is 10.2 Å². The van der Waals surface area contributed by atoms with Crippen LogP contribution in [0.4, 0.5) is 0 Å².